The van der Waals surface area contributed by atoms with E-state index in [2.05, 4.69) is 36.4 Å². The van der Waals surface area contributed by atoms with Crippen molar-refractivity contribution in [3.8, 4) is 0 Å². The second-order valence-electron chi connectivity index (χ2n) is 4.75. The monoisotopic (exact) mass is 280 g/mol. The van der Waals surface area contributed by atoms with Crippen LogP contribution in [0.4, 0.5) is 0 Å². The average molecular weight is 280 g/mol. The fraction of sp³-hybridized carbons (Fsp3) is 0.111. The number of aliphatic hydroxyl groups excluding tert-OH is 1. The molecule has 100 valence electrons. The molecule has 0 heterocycles. The summed E-state index contributed by atoms with van der Waals surface area (Å²) in [4.78, 5) is 1.19. The lowest BCUT2D eigenvalue weighted by atomic mass is 10.1. The van der Waals surface area contributed by atoms with Gasteiger partial charge < -0.3 is 5.11 Å². The van der Waals surface area contributed by atoms with Crippen LogP contribution in [0.1, 0.15) is 11.7 Å². The molecule has 1 unspecified atom stereocenters. The minimum absolute atomic E-state index is 0.423. The second kappa shape index (κ2) is 6.12. The summed E-state index contributed by atoms with van der Waals surface area (Å²) < 4.78 is 0. The number of benzene rings is 3. The minimum atomic E-state index is -0.423. The van der Waals surface area contributed by atoms with Crippen LogP contribution in [0, 0.1) is 0 Å². The molecule has 3 aromatic rings. The van der Waals surface area contributed by atoms with Crippen LogP contribution in [0.15, 0.2) is 77.7 Å². The first-order valence-corrected chi connectivity index (χ1v) is 7.66. The van der Waals surface area contributed by atoms with Crippen LogP contribution in [0.3, 0.4) is 0 Å². The Morgan fingerprint density at radius 3 is 2.30 bits per heavy atom. The Balaban J connectivity index is 1.70. The summed E-state index contributed by atoms with van der Waals surface area (Å²) in [5, 5.41) is 12.7. The van der Waals surface area contributed by atoms with E-state index in [1.54, 1.807) is 11.8 Å². The maximum absolute atomic E-state index is 10.2. The lowest BCUT2D eigenvalue weighted by molar-refractivity contribution is 0.204. The lowest BCUT2D eigenvalue weighted by Crippen LogP contribution is -1.99. The summed E-state index contributed by atoms with van der Waals surface area (Å²) in [5.74, 6) is 0.669. The number of rotatable bonds is 4. The summed E-state index contributed by atoms with van der Waals surface area (Å²) in [6.45, 7) is 0. The van der Waals surface area contributed by atoms with Gasteiger partial charge in [0.2, 0.25) is 0 Å². The van der Waals surface area contributed by atoms with Crippen LogP contribution < -0.4 is 0 Å². The molecule has 3 aromatic carbocycles. The summed E-state index contributed by atoms with van der Waals surface area (Å²) in [6.07, 6.45) is -0.423. The van der Waals surface area contributed by atoms with Crippen LogP contribution in [0.2, 0.25) is 0 Å². The van der Waals surface area contributed by atoms with Crippen molar-refractivity contribution < 1.29 is 5.11 Å². The summed E-state index contributed by atoms with van der Waals surface area (Å²) >= 11 is 1.69. The number of hydrogen-bond acceptors (Lipinski definition) is 2. The SMILES string of the molecule is OC(CSc1ccc2ccccc2c1)c1ccccc1. The third-order valence-corrected chi connectivity index (χ3v) is 4.38. The van der Waals surface area contributed by atoms with Gasteiger partial charge in [-0.15, -0.1) is 11.8 Å². The predicted octanol–water partition coefficient (Wildman–Crippen LogP) is 4.67. The van der Waals surface area contributed by atoms with E-state index in [0.717, 1.165) is 5.56 Å². The van der Waals surface area contributed by atoms with Crippen LogP contribution >= 0.6 is 11.8 Å². The van der Waals surface area contributed by atoms with Crippen LogP contribution in [0.25, 0.3) is 10.8 Å². The van der Waals surface area contributed by atoms with Gasteiger partial charge in [0, 0.05) is 10.6 Å². The Morgan fingerprint density at radius 1 is 0.800 bits per heavy atom. The van der Waals surface area contributed by atoms with Gasteiger partial charge in [-0.25, -0.2) is 0 Å². The van der Waals surface area contributed by atoms with Crippen LogP contribution in [0.5, 0.6) is 0 Å². The molecule has 0 bridgehead atoms. The fourth-order valence-electron chi connectivity index (χ4n) is 2.20. The maximum Gasteiger partial charge on any atom is 0.0883 e. The fourth-order valence-corrected chi connectivity index (χ4v) is 3.12. The third-order valence-electron chi connectivity index (χ3n) is 3.31. The van der Waals surface area contributed by atoms with Crippen molar-refractivity contribution >= 4 is 22.5 Å². The molecule has 0 aliphatic heterocycles. The number of thioether (sulfide) groups is 1. The maximum atomic E-state index is 10.2. The highest BCUT2D eigenvalue weighted by atomic mass is 32.2. The Bertz CT molecular complexity index is 694. The molecule has 1 N–H and O–H groups in total. The number of aliphatic hydroxyl groups is 1. The number of hydrogen-bond donors (Lipinski definition) is 1. The van der Waals surface area contributed by atoms with E-state index in [4.69, 9.17) is 0 Å². The molecule has 0 radical (unpaired) electrons. The zero-order chi connectivity index (χ0) is 13.8. The molecule has 3 rings (SSSR count). The Morgan fingerprint density at radius 2 is 1.50 bits per heavy atom. The molecule has 0 amide bonds. The second-order valence-corrected chi connectivity index (χ2v) is 5.84. The molecule has 0 aliphatic carbocycles. The van der Waals surface area contributed by atoms with Crippen molar-refractivity contribution in [1.82, 2.24) is 0 Å². The smallest absolute Gasteiger partial charge is 0.0883 e. The quantitative estimate of drug-likeness (QED) is 0.701. The van der Waals surface area contributed by atoms with Gasteiger partial charge in [0.25, 0.3) is 0 Å². The van der Waals surface area contributed by atoms with Gasteiger partial charge in [0.1, 0.15) is 0 Å². The van der Waals surface area contributed by atoms with Gasteiger partial charge >= 0.3 is 0 Å². The minimum Gasteiger partial charge on any atom is -0.388 e. The van der Waals surface area contributed by atoms with Gasteiger partial charge in [-0.1, -0.05) is 60.7 Å². The van der Waals surface area contributed by atoms with Crippen molar-refractivity contribution in [3.05, 3.63) is 78.4 Å². The Kier molecular flexibility index (Phi) is 4.05. The first kappa shape index (κ1) is 13.2. The van der Waals surface area contributed by atoms with Crippen molar-refractivity contribution in [2.24, 2.45) is 0 Å². The molecule has 0 aliphatic rings. The average Bonchev–Trinajstić information content (AvgIpc) is 2.53. The molecule has 0 saturated carbocycles. The molecule has 0 spiro atoms. The van der Waals surface area contributed by atoms with Crippen LogP contribution in [-0.4, -0.2) is 10.9 Å². The van der Waals surface area contributed by atoms with E-state index < -0.39 is 6.10 Å². The highest BCUT2D eigenvalue weighted by molar-refractivity contribution is 7.99. The number of fused-ring (bicyclic) bond motifs is 1. The standard InChI is InChI=1S/C18H16OS/c19-18(15-7-2-1-3-8-15)13-20-17-11-10-14-6-4-5-9-16(14)12-17/h1-12,18-19H,13H2. The van der Waals surface area contributed by atoms with Crippen molar-refractivity contribution in [2.75, 3.05) is 5.75 Å². The Labute approximate surface area is 123 Å². The van der Waals surface area contributed by atoms with E-state index in [9.17, 15) is 5.11 Å². The lowest BCUT2D eigenvalue weighted by Gasteiger charge is -2.10. The summed E-state index contributed by atoms with van der Waals surface area (Å²) in [5.41, 5.74) is 0.973. The summed E-state index contributed by atoms with van der Waals surface area (Å²) in [7, 11) is 0. The van der Waals surface area contributed by atoms with Gasteiger partial charge in [-0.2, -0.15) is 0 Å². The highest BCUT2D eigenvalue weighted by Crippen LogP contribution is 2.27. The highest BCUT2D eigenvalue weighted by Gasteiger charge is 2.07. The molecular formula is C18H16OS. The van der Waals surface area contributed by atoms with Crippen molar-refractivity contribution in [3.63, 3.8) is 0 Å². The predicted molar refractivity (Wildman–Crippen MR) is 86.1 cm³/mol. The third kappa shape index (κ3) is 3.03. The van der Waals surface area contributed by atoms with Gasteiger partial charge in [-0.3, -0.25) is 0 Å². The normalized spacial score (nSPS) is 12.4. The largest absolute Gasteiger partial charge is 0.388 e. The van der Waals surface area contributed by atoms with Crippen molar-refractivity contribution in [1.29, 1.82) is 0 Å². The first-order chi connectivity index (χ1) is 9.83. The molecule has 1 nitrogen and oxygen atoms in total. The molecule has 1 atom stereocenters. The van der Waals surface area contributed by atoms with E-state index in [-0.39, 0.29) is 0 Å². The molecule has 20 heavy (non-hydrogen) atoms. The van der Waals surface area contributed by atoms with E-state index >= 15 is 0 Å². The van der Waals surface area contributed by atoms with Gasteiger partial charge in [0.05, 0.1) is 6.10 Å². The van der Waals surface area contributed by atoms with Gasteiger partial charge in [-0.05, 0) is 28.5 Å². The zero-order valence-corrected chi connectivity index (χ0v) is 11.9. The Hall–Kier alpha value is -1.77. The zero-order valence-electron chi connectivity index (χ0n) is 11.1. The van der Waals surface area contributed by atoms with E-state index in [1.165, 1.54) is 15.7 Å². The first-order valence-electron chi connectivity index (χ1n) is 6.67. The summed E-state index contributed by atoms with van der Waals surface area (Å²) in [6, 6.07) is 24.6. The van der Waals surface area contributed by atoms with Crippen LogP contribution in [-0.2, 0) is 0 Å². The molecular weight excluding hydrogens is 264 g/mol. The van der Waals surface area contributed by atoms with E-state index in [0.29, 0.717) is 5.75 Å². The van der Waals surface area contributed by atoms with Crippen molar-refractivity contribution in [2.45, 2.75) is 11.0 Å². The molecule has 2 heteroatoms. The topological polar surface area (TPSA) is 20.2 Å². The molecule has 0 fully saturated rings. The molecule has 0 saturated heterocycles. The van der Waals surface area contributed by atoms with Gasteiger partial charge in [0.15, 0.2) is 0 Å². The molecule has 0 aromatic heterocycles. The van der Waals surface area contributed by atoms with E-state index in [1.807, 2.05) is 36.4 Å².